The largest absolute Gasteiger partial charge is 0.338 e. The van der Waals surface area contributed by atoms with E-state index in [1.807, 2.05) is 31.2 Å². The van der Waals surface area contributed by atoms with Gasteiger partial charge in [0.15, 0.2) is 0 Å². The van der Waals surface area contributed by atoms with Crippen LogP contribution in [-0.4, -0.2) is 31.9 Å². The molecule has 0 radical (unpaired) electrons. The van der Waals surface area contributed by atoms with Gasteiger partial charge in [-0.05, 0) is 32.4 Å². The zero-order valence-corrected chi connectivity index (χ0v) is 13.1. The van der Waals surface area contributed by atoms with E-state index in [-0.39, 0.29) is 0 Å². The van der Waals surface area contributed by atoms with Gasteiger partial charge in [0.25, 0.3) is 0 Å². The van der Waals surface area contributed by atoms with Gasteiger partial charge in [0.2, 0.25) is 0 Å². The summed E-state index contributed by atoms with van der Waals surface area (Å²) in [5.74, 6) is 1.12. The number of aromatic nitrogens is 4. The summed E-state index contributed by atoms with van der Waals surface area (Å²) in [7, 11) is 4.05. The van der Waals surface area contributed by atoms with Gasteiger partial charge in [-0.3, -0.25) is 4.68 Å². The summed E-state index contributed by atoms with van der Waals surface area (Å²) >= 11 is 0. The Bertz CT molecular complexity index is 567. The Kier molecular flexibility index (Phi) is 4.60. The van der Waals surface area contributed by atoms with E-state index in [0.717, 1.165) is 30.9 Å². The summed E-state index contributed by atoms with van der Waals surface area (Å²) < 4.78 is 4.06. The number of nitrogens with zero attached hydrogens (tertiary/aromatic N) is 4. The molecule has 0 saturated heterocycles. The van der Waals surface area contributed by atoms with Crippen molar-refractivity contribution >= 4 is 0 Å². The summed E-state index contributed by atoms with van der Waals surface area (Å²) in [6.07, 6.45) is 5.79. The van der Waals surface area contributed by atoms with Crippen molar-refractivity contribution in [3.05, 3.63) is 35.2 Å². The van der Waals surface area contributed by atoms with Crippen LogP contribution in [0.3, 0.4) is 0 Å². The Labute approximate surface area is 121 Å². The van der Waals surface area contributed by atoms with Gasteiger partial charge in [0, 0.05) is 44.6 Å². The third-order valence-electron chi connectivity index (χ3n) is 3.95. The second-order valence-corrected chi connectivity index (χ2v) is 5.39. The average Bonchev–Trinajstić information content (AvgIpc) is 2.89. The first kappa shape index (κ1) is 14.8. The minimum Gasteiger partial charge on any atom is -0.338 e. The molecule has 0 spiro atoms. The number of likely N-dealkylation sites (N-methyl/N-ethyl adjacent to an activating group) is 1. The van der Waals surface area contributed by atoms with Gasteiger partial charge in [-0.25, -0.2) is 4.98 Å². The van der Waals surface area contributed by atoms with Crippen LogP contribution in [0.15, 0.2) is 12.4 Å². The molecule has 1 unspecified atom stereocenters. The Morgan fingerprint density at radius 2 is 2.00 bits per heavy atom. The van der Waals surface area contributed by atoms with E-state index in [4.69, 9.17) is 0 Å². The molecule has 110 valence electrons. The van der Waals surface area contributed by atoms with Crippen LogP contribution in [0.5, 0.6) is 0 Å². The number of rotatable bonds is 6. The molecule has 1 atom stereocenters. The van der Waals surface area contributed by atoms with Gasteiger partial charge >= 0.3 is 0 Å². The van der Waals surface area contributed by atoms with Crippen molar-refractivity contribution in [2.75, 3.05) is 6.54 Å². The highest BCUT2D eigenvalue weighted by atomic mass is 15.3. The maximum atomic E-state index is 4.51. The summed E-state index contributed by atoms with van der Waals surface area (Å²) in [6.45, 7) is 7.34. The fourth-order valence-corrected chi connectivity index (χ4v) is 2.68. The van der Waals surface area contributed by atoms with Crippen LogP contribution in [0.2, 0.25) is 0 Å². The number of hydrogen-bond donors (Lipinski definition) is 1. The van der Waals surface area contributed by atoms with Crippen molar-refractivity contribution in [2.24, 2.45) is 14.1 Å². The zero-order chi connectivity index (χ0) is 14.7. The molecule has 5 heteroatoms. The Morgan fingerprint density at radius 3 is 2.50 bits per heavy atom. The molecule has 2 aromatic rings. The van der Waals surface area contributed by atoms with Gasteiger partial charge in [0.1, 0.15) is 5.82 Å². The topological polar surface area (TPSA) is 47.7 Å². The maximum Gasteiger partial charge on any atom is 0.109 e. The van der Waals surface area contributed by atoms with Gasteiger partial charge in [-0.2, -0.15) is 5.10 Å². The lowest BCUT2D eigenvalue weighted by Crippen LogP contribution is -2.34. The number of imidazole rings is 1. The van der Waals surface area contributed by atoms with Crippen LogP contribution in [0.4, 0.5) is 0 Å². The van der Waals surface area contributed by atoms with Crippen LogP contribution >= 0.6 is 0 Å². The molecule has 5 nitrogen and oxygen atoms in total. The molecule has 0 saturated carbocycles. The van der Waals surface area contributed by atoms with E-state index in [0.29, 0.717) is 6.04 Å². The second kappa shape index (κ2) is 6.22. The lowest BCUT2D eigenvalue weighted by molar-refractivity contribution is 0.502. The molecular formula is C15H25N5. The van der Waals surface area contributed by atoms with Crippen LogP contribution in [0, 0.1) is 13.8 Å². The minimum atomic E-state index is 0.391. The zero-order valence-electron chi connectivity index (χ0n) is 13.1. The lowest BCUT2D eigenvalue weighted by Gasteiger charge is -2.18. The SMILES string of the molecule is CCNC(Cc1c(C)nn(C)c1C)Cc1nccn1C. The molecule has 20 heavy (non-hydrogen) atoms. The van der Waals surface area contributed by atoms with Gasteiger partial charge in [-0.15, -0.1) is 0 Å². The molecule has 2 rings (SSSR count). The predicted molar refractivity (Wildman–Crippen MR) is 80.8 cm³/mol. The molecule has 1 N–H and O–H groups in total. The van der Waals surface area contributed by atoms with E-state index in [9.17, 15) is 0 Å². The first-order valence-electron chi connectivity index (χ1n) is 7.21. The van der Waals surface area contributed by atoms with Crippen molar-refractivity contribution < 1.29 is 0 Å². The van der Waals surface area contributed by atoms with Crippen LogP contribution in [-0.2, 0) is 26.9 Å². The highest BCUT2D eigenvalue weighted by molar-refractivity contribution is 5.25. The molecule has 2 aromatic heterocycles. The first-order valence-corrected chi connectivity index (χ1v) is 7.21. The Morgan fingerprint density at radius 1 is 1.25 bits per heavy atom. The molecule has 0 fully saturated rings. The Hall–Kier alpha value is -1.62. The van der Waals surface area contributed by atoms with Gasteiger partial charge in [0.05, 0.1) is 5.69 Å². The highest BCUT2D eigenvalue weighted by Crippen LogP contribution is 2.15. The number of aryl methyl sites for hydroxylation is 3. The van der Waals surface area contributed by atoms with Crippen molar-refractivity contribution in [2.45, 2.75) is 39.7 Å². The highest BCUT2D eigenvalue weighted by Gasteiger charge is 2.17. The number of hydrogen-bond acceptors (Lipinski definition) is 3. The molecule has 0 amide bonds. The van der Waals surface area contributed by atoms with Crippen molar-refractivity contribution in [1.29, 1.82) is 0 Å². The molecule has 0 aliphatic carbocycles. The molecule has 0 bridgehead atoms. The fourth-order valence-electron chi connectivity index (χ4n) is 2.68. The molecule has 0 aromatic carbocycles. The van der Waals surface area contributed by atoms with Gasteiger partial charge in [-0.1, -0.05) is 6.92 Å². The van der Waals surface area contributed by atoms with E-state index in [1.54, 1.807) is 0 Å². The summed E-state index contributed by atoms with van der Waals surface area (Å²) in [5, 5.41) is 8.08. The van der Waals surface area contributed by atoms with Crippen molar-refractivity contribution in [3.8, 4) is 0 Å². The fraction of sp³-hybridized carbons (Fsp3) is 0.600. The maximum absolute atomic E-state index is 4.51. The quantitative estimate of drug-likeness (QED) is 0.870. The molecule has 2 heterocycles. The first-order chi connectivity index (χ1) is 9.52. The molecule has 0 aliphatic heterocycles. The van der Waals surface area contributed by atoms with E-state index in [2.05, 4.69) is 40.7 Å². The van der Waals surface area contributed by atoms with Crippen LogP contribution < -0.4 is 5.32 Å². The van der Waals surface area contributed by atoms with E-state index >= 15 is 0 Å². The second-order valence-electron chi connectivity index (χ2n) is 5.39. The monoisotopic (exact) mass is 275 g/mol. The third-order valence-corrected chi connectivity index (χ3v) is 3.95. The standard InChI is InChI=1S/C15H25N5/c1-6-16-13(10-15-17-7-8-19(15)4)9-14-11(2)18-20(5)12(14)3/h7-8,13,16H,6,9-10H2,1-5H3. The summed E-state index contributed by atoms with van der Waals surface area (Å²) in [5.41, 5.74) is 3.74. The van der Waals surface area contributed by atoms with Gasteiger partial charge < -0.3 is 9.88 Å². The Balaban J connectivity index is 2.15. The average molecular weight is 275 g/mol. The predicted octanol–water partition coefficient (Wildman–Crippen LogP) is 1.53. The minimum absolute atomic E-state index is 0.391. The lowest BCUT2D eigenvalue weighted by atomic mass is 10.0. The number of nitrogens with one attached hydrogen (secondary N) is 1. The van der Waals surface area contributed by atoms with E-state index < -0.39 is 0 Å². The van der Waals surface area contributed by atoms with Crippen molar-refractivity contribution in [3.63, 3.8) is 0 Å². The smallest absolute Gasteiger partial charge is 0.109 e. The molecular weight excluding hydrogens is 250 g/mol. The van der Waals surface area contributed by atoms with Crippen LogP contribution in [0.1, 0.15) is 29.7 Å². The third kappa shape index (κ3) is 3.10. The normalized spacial score (nSPS) is 12.8. The molecule has 0 aliphatic rings. The van der Waals surface area contributed by atoms with Crippen LogP contribution in [0.25, 0.3) is 0 Å². The van der Waals surface area contributed by atoms with E-state index in [1.165, 1.54) is 11.3 Å². The van der Waals surface area contributed by atoms with Crippen molar-refractivity contribution in [1.82, 2.24) is 24.6 Å². The summed E-state index contributed by atoms with van der Waals surface area (Å²) in [4.78, 5) is 4.43. The summed E-state index contributed by atoms with van der Waals surface area (Å²) in [6, 6.07) is 0.391.